The molecule has 0 radical (unpaired) electrons. The van der Waals surface area contributed by atoms with Crippen molar-refractivity contribution in [2.45, 2.75) is 39.2 Å². The summed E-state index contributed by atoms with van der Waals surface area (Å²) in [6.07, 6.45) is 10.2. The van der Waals surface area contributed by atoms with Crippen molar-refractivity contribution in [3.05, 3.63) is 30.6 Å². The topological polar surface area (TPSA) is 61.1 Å². The third-order valence-electron chi connectivity index (χ3n) is 2.05. The molecule has 0 saturated carbocycles. The summed E-state index contributed by atoms with van der Waals surface area (Å²) in [6.45, 7) is 3.41. The quantitative estimate of drug-likeness (QED) is 0.459. The zero-order valence-corrected chi connectivity index (χ0v) is 11.3. The minimum Gasteiger partial charge on any atom is -0.748 e. The summed E-state index contributed by atoms with van der Waals surface area (Å²) in [5.74, 6) is 0. The van der Waals surface area contributed by atoms with E-state index < -0.39 is 10.1 Å². The van der Waals surface area contributed by atoms with Gasteiger partial charge in [-0.2, -0.15) is 0 Å². The van der Waals surface area contributed by atoms with Gasteiger partial charge in [-0.05, 0) is 6.42 Å². The van der Waals surface area contributed by atoms with E-state index in [0.717, 1.165) is 0 Å². The lowest BCUT2D eigenvalue weighted by Gasteiger charge is -1.95. The van der Waals surface area contributed by atoms with E-state index in [0.29, 0.717) is 6.26 Å². The Morgan fingerprint density at radius 1 is 1.06 bits per heavy atom. The van der Waals surface area contributed by atoms with Gasteiger partial charge >= 0.3 is 0 Å². The number of nitrogens with zero attached hydrogens (tertiary/aromatic N) is 1. The van der Waals surface area contributed by atoms with E-state index in [-0.39, 0.29) is 0 Å². The van der Waals surface area contributed by atoms with Crippen LogP contribution in [0.2, 0.25) is 0 Å². The average molecular weight is 259 g/mol. The maximum absolute atomic E-state index is 9.08. The molecule has 0 aliphatic heterocycles. The van der Waals surface area contributed by atoms with Crippen molar-refractivity contribution in [2.75, 3.05) is 6.26 Å². The van der Waals surface area contributed by atoms with Gasteiger partial charge in [-0.25, -0.2) is 13.0 Å². The summed E-state index contributed by atoms with van der Waals surface area (Å²) >= 11 is 0. The molecule has 1 heterocycles. The van der Waals surface area contributed by atoms with E-state index in [2.05, 4.69) is 42.1 Å². The van der Waals surface area contributed by atoms with Crippen molar-refractivity contribution < 1.29 is 17.5 Å². The van der Waals surface area contributed by atoms with Crippen LogP contribution in [0.3, 0.4) is 0 Å². The number of hydrogen-bond donors (Lipinski definition) is 0. The van der Waals surface area contributed by atoms with E-state index in [1.165, 1.54) is 32.2 Å². The Hall–Kier alpha value is -0.940. The molecule has 0 fully saturated rings. The van der Waals surface area contributed by atoms with Crippen LogP contribution in [0.25, 0.3) is 0 Å². The molecule has 5 heteroatoms. The van der Waals surface area contributed by atoms with E-state index in [9.17, 15) is 0 Å². The highest BCUT2D eigenvalue weighted by molar-refractivity contribution is 7.84. The second-order valence-electron chi connectivity index (χ2n) is 3.88. The van der Waals surface area contributed by atoms with Gasteiger partial charge in [0.15, 0.2) is 12.4 Å². The summed E-state index contributed by atoms with van der Waals surface area (Å²) in [5, 5.41) is 0. The number of unbranched alkanes of at least 4 members (excludes halogenated alkanes) is 3. The van der Waals surface area contributed by atoms with E-state index in [4.69, 9.17) is 13.0 Å². The first-order valence-electron chi connectivity index (χ1n) is 5.78. The number of hydrogen-bond acceptors (Lipinski definition) is 3. The van der Waals surface area contributed by atoms with Crippen molar-refractivity contribution in [3.8, 4) is 0 Å². The average Bonchev–Trinajstić information content (AvgIpc) is 2.24. The lowest BCUT2D eigenvalue weighted by Crippen LogP contribution is -2.32. The summed E-state index contributed by atoms with van der Waals surface area (Å²) in [7, 11) is -3.92. The van der Waals surface area contributed by atoms with Crippen LogP contribution in [-0.4, -0.2) is 19.2 Å². The number of rotatable bonds is 5. The predicted molar refractivity (Wildman–Crippen MR) is 66.4 cm³/mol. The molecule has 98 valence electrons. The maximum atomic E-state index is 9.08. The van der Waals surface area contributed by atoms with Crippen molar-refractivity contribution in [3.63, 3.8) is 0 Å². The first kappa shape index (κ1) is 16.1. The molecule has 17 heavy (non-hydrogen) atoms. The Bertz CT molecular complexity index is 368. The van der Waals surface area contributed by atoms with Crippen LogP contribution in [-0.2, 0) is 16.7 Å². The standard InChI is InChI=1S/C11H18N.CH4O3S/c1-2-3-4-6-9-12-10-7-5-8-11-12;1-5(2,3)4/h5,7-8,10-11H,2-4,6,9H2,1H3;1H3,(H,2,3,4)/q+1;/p-1. The number of aromatic nitrogens is 1. The zero-order chi connectivity index (χ0) is 13.1. The van der Waals surface area contributed by atoms with Gasteiger partial charge in [0, 0.05) is 24.8 Å². The van der Waals surface area contributed by atoms with Gasteiger partial charge in [-0.1, -0.05) is 25.8 Å². The molecular weight excluding hydrogens is 238 g/mol. The third kappa shape index (κ3) is 15.1. The molecule has 1 aromatic heterocycles. The molecule has 0 spiro atoms. The minimum absolute atomic E-state index is 0.604. The summed E-state index contributed by atoms with van der Waals surface area (Å²) in [5.41, 5.74) is 0. The molecular formula is C12H21NO3S. The monoisotopic (exact) mass is 259 g/mol. The molecule has 1 rings (SSSR count). The predicted octanol–water partition coefficient (Wildman–Crippen LogP) is 1.72. The molecule has 4 nitrogen and oxygen atoms in total. The van der Waals surface area contributed by atoms with Crippen LogP contribution in [0.5, 0.6) is 0 Å². The summed E-state index contributed by atoms with van der Waals surface area (Å²) in [4.78, 5) is 0. The second kappa shape index (κ2) is 9.13. The summed E-state index contributed by atoms with van der Waals surface area (Å²) in [6, 6.07) is 6.22. The highest BCUT2D eigenvalue weighted by Gasteiger charge is 1.95. The Balaban J connectivity index is 0.000000437. The van der Waals surface area contributed by atoms with Gasteiger partial charge in [0.25, 0.3) is 0 Å². The molecule has 0 N–H and O–H groups in total. The first-order valence-corrected chi connectivity index (χ1v) is 7.60. The van der Waals surface area contributed by atoms with E-state index in [1.807, 2.05) is 0 Å². The molecule has 0 amide bonds. The fourth-order valence-corrected chi connectivity index (χ4v) is 1.30. The van der Waals surface area contributed by atoms with Crippen LogP contribution in [0.15, 0.2) is 30.6 Å². The van der Waals surface area contributed by atoms with Crippen molar-refractivity contribution in [1.29, 1.82) is 0 Å². The van der Waals surface area contributed by atoms with Crippen LogP contribution >= 0.6 is 0 Å². The van der Waals surface area contributed by atoms with Gasteiger partial charge in [-0.3, -0.25) is 0 Å². The molecule has 0 unspecified atom stereocenters. The van der Waals surface area contributed by atoms with Crippen molar-refractivity contribution in [1.82, 2.24) is 0 Å². The van der Waals surface area contributed by atoms with Gasteiger partial charge in [0.1, 0.15) is 6.54 Å². The van der Waals surface area contributed by atoms with Crippen molar-refractivity contribution >= 4 is 10.1 Å². The molecule has 0 aromatic carbocycles. The SMILES string of the molecule is CCCCCC[n+]1ccccc1.CS(=O)(=O)[O-]. The highest BCUT2D eigenvalue weighted by Crippen LogP contribution is 1.97. The Morgan fingerprint density at radius 2 is 1.59 bits per heavy atom. The van der Waals surface area contributed by atoms with Gasteiger partial charge < -0.3 is 4.55 Å². The van der Waals surface area contributed by atoms with Gasteiger partial charge in [-0.15, -0.1) is 0 Å². The Morgan fingerprint density at radius 3 is 2.06 bits per heavy atom. The molecule has 0 aliphatic rings. The fourth-order valence-electron chi connectivity index (χ4n) is 1.30. The third-order valence-corrected chi connectivity index (χ3v) is 2.05. The normalized spacial score (nSPS) is 10.5. The molecule has 0 atom stereocenters. The highest BCUT2D eigenvalue weighted by atomic mass is 32.2. The number of pyridine rings is 1. The maximum Gasteiger partial charge on any atom is 0.168 e. The lowest BCUT2D eigenvalue weighted by molar-refractivity contribution is -0.697. The molecule has 1 aromatic rings. The second-order valence-corrected chi connectivity index (χ2v) is 5.29. The van der Waals surface area contributed by atoms with Gasteiger partial charge in [0.05, 0.1) is 10.1 Å². The summed E-state index contributed by atoms with van der Waals surface area (Å²) < 4.78 is 29.5. The fraction of sp³-hybridized carbons (Fsp3) is 0.583. The van der Waals surface area contributed by atoms with Crippen LogP contribution < -0.4 is 4.57 Å². The smallest absolute Gasteiger partial charge is 0.168 e. The van der Waals surface area contributed by atoms with Crippen LogP contribution in [0.1, 0.15) is 32.6 Å². The van der Waals surface area contributed by atoms with Gasteiger partial charge in [0.2, 0.25) is 0 Å². The minimum atomic E-state index is -3.92. The first-order chi connectivity index (χ1) is 7.93. The molecule has 0 aliphatic carbocycles. The zero-order valence-electron chi connectivity index (χ0n) is 10.5. The van der Waals surface area contributed by atoms with Crippen molar-refractivity contribution in [2.24, 2.45) is 0 Å². The Kier molecular flexibility index (Phi) is 8.62. The Labute approximate surface area is 104 Å². The van der Waals surface area contributed by atoms with Crippen LogP contribution in [0, 0.1) is 0 Å². The largest absolute Gasteiger partial charge is 0.748 e. The lowest BCUT2D eigenvalue weighted by atomic mass is 10.2. The molecule has 0 bridgehead atoms. The molecule has 0 saturated heterocycles. The van der Waals surface area contributed by atoms with E-state index >= 15 is 0 Å². The number of aryl methyl sites for hydroxylation is 1. The van der Waals surface area contributed by atoms with E-state index in [1.54, 1.807) is 0 Å². The van der Waals surface area contributed by atoms with Crippen LogP contribution in [0.4, 0.5) is 0 Å².